The minimum Gasteiger partial charge on any atom is -0.475 e. The van der Waals surface area contributed by atoms with Crippen LogP contribution in [0.1, 0.15) is 21.5 Å². The van der Waals surface area contributed by atoms with Crippen molar-refractivity contribution in [2.24, 2.45) is 0 Å². The molecule has 1 amide bonds. The molecule has 0 saturated carbocycles. The summed E-state index contributed by atoms with van der Waals surface area (Å²) in [5, 5.41) is 10.5. The fourth-order valence-electron chi connectivity index (χ4n) is 2.69. The van der Waals surface area contributed by atoms with Gasteiger partial charge in [-0.25, -0.2) is 4.79 Å². The van der Waals surface area contributed by atoms with Crippen molar-refractivity contribution < 1.29 is 27.9 Å². The number of carbonyl (C=O) groups excluding carboxylic acids is 1. The Bertz CT molecular complexity index is 616. The van der Waals surface area contributed by atoms with Crippen LogP contribution in [0.25, 0.3) is 0 Å². The Morgan fingerprint density at radius 1 is 1.39 bits per heavy atom. The zero-order chi connectivity index (χ0) is 17.2. The van der Waals surface area contributed by atoms with Gasteiger partial charge in [-0.1, -0.05) is 17.7 Å². The van der Waals surface area contributed by atoms with Gasteiger partial charge < -0.3 is 15.3 Å². The van der Waals surface area contributed by atoms with Gasteiger partial charge in [0.2, 0.25) is 0 Å². The Balaban J connectivity index is 0.000000236. The van der Waals surface area contributed by atoms with Crippen LogP contribution in [-0.4, -0.2) is 53.7 Å². The van der Waals surface area contributed by atoms with Crippen molar-refractivity contribution in [1.29, 1.82) is 0 Å². The third-order valence-electron chi connectivity index (χ3n) is 3.80. The Hall–Kier alpha value is -2.09. The topological polar surface area (TPSA) is 69.6 Å². The lowest BCUT2D eigenvalue weighted by molar-refractivity contribution is -0.192. The number of hydrogen-bond donors (Lipinski definition) is 2. The van der Waals surface area contributed by atoms with E-state index in [9.17, 15) is 18.0 Å². The van der Waals surface area contributed by atoms with E-state index in [2.05, 4.69) is 17.4 Å². The molecule has 1 fully saturated rings. The van der Waals surface area contributed by atoms with E-state index >= 15 is 0 Å². The minimum atomic E-state index is -5.08. The molecule has 0 radical (unpaired) electrons. The van der Waals surface area contributed by atoms with Crippen molar-refractivity contribution in [1.82, 2.24) is 10.2 Å². The van der Waals surface area contributed by atoms with Crippen LogP contribution < -0.4 is 5.32 Å². The SMILES string of the molecule is Cc1ccc2c(c1)C(=O)N1CCNC[C@H]1C2.O=C(O)C(F)(F)F. The summed E-state index contributed by atoms with van der Waals surface area (Å²) in [5.41, 5.74) is 3.29. The van der Waals surface area contributed by atoms with Crippen molar-refractivity contribution in [2.75, 3.05) is 19.6 Å². The van der Waals surface area contributed by atoms with E-state index in [0.717, 1.165) is 31.6 Å². The maximum atomic E-state index is 12.3. The summed E-state index contributed by atoms with van der Waals surface area (Å²) in [5.74, 6) is -2.54. The molecule has 126 valence electrons. The standard InChI is InChI=1S/C13H16N2O.C2HF3O2/c1-9-2-3-10-7-11-8-14-4-5-15(11)13(16)12(10)6-9;3-2(4,5)1(6)7/h2-3,6,11,14H,4-5,7-8H2,1H3;(H,6,7)/t11-;/m1./s1. The third kappa shape index (κ3) is 4.01. The summed E-state index contributed by atoms with van der Waals surface area (Å²) in [6.45, 7) is 4.73. The lowest BCUT2D eigenvalue weighted by atomic mass is 9.91. The van der Waals surface area contributed by atoms with Crippen molar-refractivity contribution in [3.63, 3.8) is 0 Å². The fraction of sp³-hybridized carbons (Fsp3) is 0.467. The smallest absolute Gasteiger partial charge is 0.475 e. The molecule has 0 bridgehead atoms. The fourth-order valence-corrected chi connectivity index (χ4v) is 2.69. The maximum absolute atomic E-state index is 12.3. The van der Waals surface area contributed by atoms with E-state index in [1.165, 1.54) is 11.1 Å². The lowest BCUT2D eigenvalue weighted by Crippen LogP contribution is -2.56. The molecule has 1 atom stereocenters. The van der Waals surface area contributed by atoms with Gasteiger partial charge in [-0.15, -0.1) is 0 Å². The van der Waals surface area contributed by atoms with Crippen LogP contribution >= 0.6 is 0 Å². The number of aliphatic carboxylic acids is 1. The average molecular weight is 330 g/mol. The number of amides is 1. The van der Waals surface area contributed by atoms with Gasteiger partial charge in [-0.05, 0) is 25.0 Å². The van der Waals surface area contributed by atoms with Crippen molar-refractivity contribution in [2.45, 2.75) is 25.6 Å². The molecule has 2 heterocycles. The molecule has 8 heteroatoms. The first-order chi connectivity index (χ1) is 10.7. The van der Waals surface area contributed by atoms with Gasteiger partial charge in [0.15, 0.2) is 0 Å². The monoisotopic (exact) mass is 330 g/mol. The molecule has 0 unspecified atom stereocenters. The first-order valence-electron chi connectivity index (χ1n) is 7.11. The number of nitrogens with zero attached hydrogens (tertiary/aromatic N) is 1. The number of aryl methyl sites for hydroxylation is 1. The Morgan fingerprint density at radius 3 is 2.65 bits per heavy atom. The quantitative estimate of drug-likeness (QED) is 0.758. The van der Waals surface area contributed by atoms with E-state index in [4.69, 9.17) is 9.90 Å². The summed E-state index contributed by atoms with van der Waals surface area (Å²) < 4.78 is 31.7. The van der Waals surface area contributed by atoms with Crippen LogP contribution in [-0.2, 0) is 11.2 Å². The zero-order valence-electron chi connectivity index (χ0n) is 12.5. The van der Waals surface area contributed by atoms with Gasteiger partial charge in [-0.3, -0.25) is 4.79 Å². The molecule has 3 rings (SSSR count). The number of carboxylic acids is 1. The van der Waals surface area contributed by atoms with Crippen LogP contribution in [0.5, 0.6) is 0 Å². The second kappa shape index (κ2) is 6.57. The second-order valence-corrected chi connectivity index (χ2v) is 5.52. The number of alkyl halides is 3. The van der Waals surface area contributed by atoms with Crippen LogP contribution in [0, 0.1) is 6.92 Å². The van der Waals surface area contributed by atoms with Gasteiger partial charge in [0.05, 0.1) is 0 Å². The van der Waals surface area contributed by atoms with E-state index in [0.29, 0.717) is 6.04 Å². The Kier molecular flexibility index (Phi) is 4.93. The first kappa shape index (κ1) is 17.3. The number of fused-ring (bicyclic) bond motifs is 2. The molecule has 1 aromatic rings. The largest absolute Gasteiger partial charge is 0.490 e. The first-order valence-corrected chi connectivity index (χ1v) is 7.11. The summed E-state index contributed by atoms with van der Waals surface area (Å²) in [6.07, 6.45) is -4.09. The van der Waals surface area contributed by atoms with E-state index in [1.54, 1.807) is 0 Å². The number of carbonyl (C=O) groups is 2. The number of carboxylic acid groups (broad SMARTS) is 1. The van der Waals surface area contributed by atoms with Crippen molar-refractivity contribution in [3.05, 3.63) is 34.9 Å². The van der Waals surface area contributed by atoms with Crippen molar-refractivity contribution >= 4 is 11.9 Å². The molecular formula is C15H17F3N2O3. The molecule has 2 N–H and O–H groups in total. The van der Waals surface area contributed by atoms with Gasteiger partial charge in [0.1, 0.15) is 0 Å². The van der Waals surface area contributed by atoms with Crippen molar-refractivity contribution in [3.8, 4) is 0 Å². The highest BCUT2D eigenvalue weighted by Crippen LogP contribution is 2.24. The maximum Gasteiger partial charge on any atom is 0.490 e. The zero-order valence-corrected chi connectivity index (χ0v) is 12.5. The van der Waals surface area contributed by atoms with Crippen LogP contribution in [0.4, 0.5) is 13.2 Å². The highest BCUT2D eigenvalue weighted by molar-refractivity contribution is 5.97. The number of halogens is 3. The second-order valence-electron chi connectivity index (χ2n) is 5.52. The molecule has 1 aromatic carbocycles. The summed E-state index contributed by atoms with van der Waals surface area (Å²) >= 11 is 0. The van der Waals surface area contributed by atoms with Gasteiger partial charge in [-0.2, -0.15) is 13.2 Å². The van der Waals surface area contributed by atoms with Crippen LogP contribution in [0.3, 0.4) is 0 Å². The van der Waals surface area contributed by atoms with E-state index < -0.39 is 12.1 Å². The molecule has 0 spiro atoms. The van der Waals surface area contributed by atoms with Gasteiger partial charge in [0, 0.05) is 31.2 Å². The van der Waals surface area contributed by atoms with E-state index in [-0.39, 0.29) is 5.91 Å². The van der Waals surface area contributed by atoms with Gasteiger partial charge >= 0.3 is 12.1 Å². The highest BCUT2D eigenvalue weighted by atomic mass is 19.4. The predicted molar refractivity (Wildman–Crippen MR) is 76.3 cm³/mol. The summed E-state index contributed by atoms with van der Waals surface area (Å²) in [4.78, 5) is 23.2. The molecule has 1 saturated heterocycles. The Labute approximate surface area is 131 Å². The molecule has 0 aromatic heterocycles. The van der Waals surface area contributed by atoms with Gasteiger partial charge in [0.25, 0.3) is 5.91 Å². The average Bonchev–Trinajstić information content (AvgIpc) is 2.48. The summed E-state index contributed by atoms with van der Waals surface area (Å²) in [6, 6.07) is 6.58. The third-order valence-corrected chi connectivity index (χ3v) is 3.80. The molecular weight excluding hydrogens is 313 g/mol. The predicted octanol–water partition coefficient (Wildman–Crippen LogP) is 1.60. The number of nitrogens with one attached hydrogen (secondary N) is 1. The number of hydrogen-bond acceptors (Lipinski definition) is 3. The summed E-state index contributed by atoms with van der Waals surface area (Å²) in [7, 11) is 0. The number of rotatable bonds is 0. The van der Waals surface area contributed by atoms with E-state index in [1.807, 2.05) is 17.9 Å². The normalized spacial score (nSPS) is 20.1. The Morgan fingerprint density at radius 2 is 2.04 bits per heavy atom. The highest BCUT2D eigenvalue weighted by Gasteiger charge is 2.38. The number of piperazine rings is 1. The lowest BCUT2D eigenvalue weighted by Gasteiger charge is -2.40. The number of benzene rings is 1. The molecule has 2 aliphatic rings. The molecule has 2 aliphatic heterocycles. The molecule has 23 heavy (non-hydrogen) atoms. The van der Waals surface area contributed by atoms with Crippen LogP contribution in [0.2, 0.25) is 0 Å². The van der Waals surface area contributed by atoms with Crippen LogP contribution in [0.15, 0.2) is 18.2 Å². The molecule has 0 aliphatic carbocycles. The molecule has 5 nitrogen and oxygen atoms in total. The minimum absolute atomic E-state index is 0.219.